The predicted molar refractivity (Wildman–Crippen MR) is 51.9 cm³/mol. The normalized spacial score (nSPS) is 16.2. The molecule has 3 nitrogen and oxygen atoms in total. The van der Waals surface area contributed by atoms with E-state index in [9.17, 15) is 13.2 Å². The first-order chi connectivity index (χ1) is 7.47. The fraction of sp³-hybridized carbons (Fsp3) is 0.500. The smallest absolute Gasteiger partial charge is 0.421 e. The van der Waals surface area contributed by atoms with Crippen molar-refractivity contribution in [1.82, 2.24) is 4.98 Å². The van der Waals surface area contributed by atoms with Crippen LogP contribution < -0.4 is 10.5 Å². The fourth-order valence-corrected chi connectivity index (χ4v) is 1.27. The summed E-state index contributed by atoms with van der Waals surface area (Å²) in [5, 5.41) is 0. The van der Waals surface area contributed by atoms with Crippen molar-refractivity contribution in [2.75, 3.05) is 12.3 Å². The first-order valence-electron chi connectivity index (χ1n) is 4.92. The van der Waals surface area contributed by atoms with Crippen LogP contribution in [0.5, 0.6) is 5.88 Å². The van der Waals surface area contributed by atoms with Gasteiger partial charge >= 0.3 is 6.18 Å². The number of anilines is 1. The summed E-state index contributed by atoms with van der Waals surface area (Å²) >= 11 is 0. The van der Waals surface area contributed by atoms with E-state index in [-0.39, 0.29) is 11.6 Å². The highest BCUT2D eigenvalue weighted by molar-refractivity contribution is 5.43. The van der Waals surface area contributed by atoms with Gasteiger partial charge < -0.3 is 10.5 Å². The van der Waals surface area contributed by atoms with Crippen molar-refractivity contribution in [2.24, 2.45) is 5.92 Å². The third-order valence-corrected chi connectivity index (χ3v) is 2.33. The molecule has 0 amide bonds. The third-order valence-electron chi connectivity index (χ3n) is 2.33. The molecule has 0 aliphatic heterocycles. The van der Waals surface area contributed by atoms with Gasteiger partial charge in [-0.2, -0.15) is 13.2 Å². The Labute approximate surface area is 90.4 Å². The number of nitrogens with two attached hydrogens (primary N) is 1. The lowest BCUT2D eigenvalue weighted by Crippen LogP contribution is -2.12. The Hall–Kier alpha value is -1.46. The average Bonchev–Trinajstić information content (AvgIpc) is 2.98. The molecule has 1 aliphatic carbocycles. The van der Waals surface area contributed by atoms with Crippen molar-refractivity contribution in [3.8, 4) is 5.88 Å². The van der Waals surface area contributed by atoms with E-state index in [2.05, 4.69) is 4.98 Å². The van der Waals surface area contributed by atoms with E-state index in [0.717, 1.165) is 25.1 Å². The number of hydrogen-bond donors (Lipinski definition) is 1. The Balaban J connectivity index is 2.20. The van der Waals surface area contributed by atoms with Crippen molar-refractivity contribution in [3.05, 3.63) is 17.8 Å². The second-order valence-corrected chi connectivity index (χ2v) is 3.87. The molecule has 1 heterocycles. The maximum absolute atomic E-state index is 12.6. The number of nitrogen functional groups attached to an aromatic ring is 1. The van der Waals surface area contributed by atoms with E-state index < -0.39 is 11.7 Å². The number of nitrogens with zero attached hydrogens (tertiary/aromatic N) is 1. The molecule has 88 valence electrons. The fourth-order valence-electron chi connectivity index (χ4n) is 1.27. The van der Waals surface area contributed by atoms with Gasteiger partial charge in [-0.05, 0) is 24.8 Å². The van der Waals surface area contributed by atoms with Crippen LogP contribution >= 0.6 is 0 Å². The van der Waals surface area contributed by atoms with Gasteiger partial charge in [-0.25, -0.2) is 4.98 Å². The molecule has 1 aromatic rings. The third kappa shape index (κ3) is 2.56. The first-order valence-corrected chi connectivity index (χ1v) is 4.92. The van der Waals surface area contributed by atoms with Crippen molar-refractivity contribution < 1.29 is 17.9 Å². The van der Waals surface area contributed by atoms with E-state index in [1.165, 1.54) is 0 Å². The summed E-state index contributed by atoms with van der Waals surface area (Å²) < 4.78 is 42.8. The molecule has 2 rings (SSSR count). The zero-order chi connectivity index (χ0) is 11.8. The van der Waals surface area contributed by atoms with Gasteiger partial charge in [-0.15, -0.1) is 0 Å². The quantitative estimate of drug-likeness (QED) is 0.870. The summed E-state index contributed by atoms with van der Waals surface area (Å²) in [6, 6.07) is 0.842. The molecule has 0 radical (unpaired) electrons. The molecule has 6 heteroatoms. The number of halogens is 3. The maximum Gasteiger partial charge on any atom is 0.421 e. The van der Waals surface area contributed by atoms with Gasteiger partial charge in [0.05, 0.1) is 18.5 Å². The molecule has 0 spiro atoms. The largest absolute Gasteiger partial charge is 0.477 e. The molecule has 1 saturated carbocycles. The van der Waals surface area contributed by atoms with E-state index in [1.54, 1.807) is 0 Å². The summed E-state index contributed by atoms with van der Waals surface area (Å²) in [5.41, 5.74) is 4.34. The highest BCUT2D eigenvalue weighted by Gasteiger charge is 2.36. The van der Waals surface area contributed by atoms with Crippen LogP contribution in [0.25, 0.3) is 0 Å². The summed E-state index contributed by atoms with van der Waals surface area (Å²) in [4.78, 5) is 3.58. The lowest BCUT2D eigenvalue weighted by atomic mass is 10.2. The Morgan fingerprint density at radius 3 is 2.69 bits per heavy atom. The minimum atomic E-state index is -4.48. The SMILES string of the molecule is Nc1cnc(OCC2CC2)c(C(F)(F)F)c1. The van der Waals surface area contributed by atoms with Gasteiger partial charge in [0.2, 0.25) is 5.88 Å². The van der Waals surface area contributed by atoms with E-state index in [1.807, 2.05) is 0 Å². The number of alkyl halides is 3. The lowest BCUT2D eigenvalue weighted by molar-refractivity contribution is -0.139. The van der Waals surface area contributed by atoms with Gasteiger partial charge in [0.25, 0.3) is 0 Å². The summed E-state index contributed by atoms with van der Waals surface area (Å²) in [7, 11) is 0. The topological polar surface area (TPSA) is 48.1 Å². The van der Waals surface area contributed by atoms with Crippen molar-refractivity contribution in [3.63, 3.8) is 0 Å². The minimum absolute atomic E-state index is 0.0221. The molecule has 2 N–H and O–H groups in total. The van der Waals surface area contributed by atoms with Gasteiger partial charge in [-0.1, -0.05) is 0 Å². The monoisotopic (exact) mass is 232 g/mol. The van der Waals surface area contributed by atoms with E-state index >= 15 is 0 Å². The predicted octanol–water partition coefficient (Wildman–Crippen LogP) is 2.47. The summed E-state index contributed by atoms with van der Waals surface area (Å²) in [6.45, 7) is 0.292. The number of aromatic nitrogens is 1. The second-order valence-electron chi connectivity index (χ2n) is 3.87. The van der Waals surface area contributed by atoms with Crippen LogP contribution in [0.2, 0.25) is 0 Å². The first kappa shape index (κ1) is 11.0. The van der Waals surface area contributed by atoms with E-state index in [4.69, 9.17) is 10.5 Å². The molecular weight excluding hydrogens is 221 g/mol. The maximum atomic E-state index is 12.6. The average molecular weight is 232 g/mol. The van der Waals surface area contributed by atoms with Crippen LogP contribution in [-0.2, 0) is 6.18 Å². The Bertz CT molecular complexity index is 388. The van der Waals surface area contributed by atoms with Crippen LogP contribution in [0.15, 0.2) is 12.3 Å². The van der Waals surface area contributed by atoms with E-state index in [0.29, 0.717) is 12.5 Å². The van der Waals surface area contributed by atoms with Crippen molar-refractivity contribution in [2.45, 2.75) is 19.0 Å². The van der Waals surface area contributed by atoms with Crippen LogP contribution in [0, 0.1) is 5.92 Å². The molecule has 0 bridgehead atoms. The Morgan fingerprint density at radius 1 is 1.44 bits per heavy atom. The Kier molecular flexibility index (Phi) is 2.65. The van der Waals surface area contributed by atoms with Gasteiger partial charge in [0, 0.05) is 0 Å². The number of hydrogen-bond acceptors (Lipinski definition) is 3. The molecular formula is C10H11F3N2O. The standard InChI is InChI=1S/C10H11F3N2O/c11-10(12,13)8-3-7(14)4-15-9(8)16-5-6-1-2-6/h3-4,6H,1-2,5,14H2. The zero-order valence-electron chi connectivity index (χ0n) is 8.42. The molecule has 1 aliphatic rings. The molecule has 0 atom stereocenters. The van der Waals surface area contributed by atoms with Crippen LogP contribution in [-0.4, -0.2) is 11.6 Å². The summed E-state index contributed by atoms with van der Waals surface area (Å²) in [6.07, 6.45) is -1.30. The highest BCUT2D eigenvalue weighted by atomic mass is 19.4. The number of rotatable bonds is 3. The minimum Gasteiger partial charge on any atom is -0.477 e. The zero-order valence-corrected chi connectivity index (χ0v) is 8.42. The molecule has 0 saturated heterocycles. The van der Waals surface area contributed by atoms with Gasteiger partial charge in [0.15, 0.2) is 0 Å². The molecule has 1 aromatic heterocycles. The van der Waals surface area contributed by atoms with Crippen molar-refractivity contribution >= 4 is 5.69 Å². The van der Waals surface area contributed by atoms with Gasteiger partial charge in [0.1, 0.15) is 5.56 Å². The van der Waals surface area contributed by atoms with Crippen LogP contribution in [0.1, 0.15) is 18.4 Å². The van der Waals surface area contributed by atoms with Crippen LogP contribution in [0.4, 0.5) is 18.9 Å². The second kappa shape index (κ2) is 3.84. The number of ether oxygens (including phenoxy) is 1. The highest BCUT2D eigenvalue weighted by Crippen LogP contribution is 2.37. The van der Waals surface area contributed by atoms with Crippen molar-refractivity contribution in [1.29, 1.82) is 0 Å². The van der Waals surface area contributed by atoms with Crippen LogP contribution in [0.3, 0.4) is 0 Å². The Morgan fingerprint density at radius 2 is 2.12 bits per heavy atom. The van der Waals surface area contributed by atoms with Gasteiger partial charge in [-0.3, -0.25) is 0 Å². The molecule has 1 fully saturated rings. The lowest BCUT2D eigenvalue weighted by Gasteiger charge is -2.12. The summed E-state index contributed by atoms with van der Waals surface area (Å²) in [5.74, 6) is -0.00552. The molecule has 0 aromatic carbocycles. The number of pyridine rings is 1. The molecule has 16 heavy (non-hydrogen) atoms. The molecule has 0 unspecified atom stereocenters.